The van der Waals surface area contributed by atoms with E-state index in [1.165, 1.54) is 0 Å². The molecule has 0 N–H and O–H groups in total. The van der Waals surface area contributed by atoms with E-state index in [0.717, 1.165) is 48.8 Å². The zero-order valence-corrected chi connectivity index (χ0v) is 14.8. The number of aryl methyl sites for hydroxylation is 1. The van der Waals surface area contributed by atoms with Gasteiger partial charge in [0.2, 0.25) is 5.91 Å². The third-order valence-electron chi connectivity index (χ3n) is 4.92. The number of methoxy groups -OCH3 is 1. The maximum Gasteiger partial charge on any atom is 0.244 e. The molecule has 1 atom stereocenters. The highest BCUT2D eigenvalue weighted by Gasteiger charge is 2.42. The molecule has 6 nitrogen and oxygen atoms in total. The van der Waals surface area contributed by atoms with Gasteiger partial charge in [-0.05, 0) is 37.8 Å². The van der Waals surface area contributed by atoms with Gasteiger partial charge in [-0.25, -0.2) is 9.67 Å². The predicted molar refractivity (Wildman–Crippen MR) is 92.7 cm³/mol. The largest absolute Gasteiger partial charge is 0.382 e. The van der Waals surface area contributed by atoms with Crippen molar-refractivity contribution in [3.05, 3.63) is 24.0 Å². The maximum atomic E-state index is 13.0. The van der Waals surface area contributed by atoms with Crippen LogP contribution in [0.5, 0.6) is 0 Å². The molecule has 6 heteroatoms. The van der Waals surface area contributed by atoms with E-state index < -0.39 is 0 Å². The lowest BCUT2D eigenvalue weighted by atomic mass is 9.91. The zero-order chi connectivity index (χ0) is 17.2. The highest BCUT2D eigenvalue weighted by atomic mass is 16.5. The van der Waals surface area contributed by atoms with Gasteiger partial charge in [0.05, 0.1) is 18.3 Å². The second-order valence-corrected chi connectivity index (χ2v) is 6.78. The van der Waals surface area contributed by atoms with Crippen LogP contribution in [0.3, 0.4) is 0 Å². The van der Waals surface area contributed by atoms with E-state index in [1.807, 2.05) is 24.1 Å². The van der Waals surface area contributed by atoms with Gasteiger partial charge < -0.3 is 9.64 Å². The molecule has 0 aromatic carbocycles. The van der Waals surface area contributed by atoms with Crippen molar-refractivity contribution in [2.24, 2.45) is 0 Å². The van der Waals surface area contributed by atoms with Gasteiger partial charge in [-0.15, -0.1) is 0 Å². The fourth-order valence-corrected chi connectivity index (χ4v) is 3.95. The number of carbonyl (C=O) groups excluding carboxylic acids is 1. The first kappa shape index (κ1) is 16.9. The summed E-state index contributed by atoms with van der Waals surface area (Å²) in [5.74, 6) is 0.102. The molecule has 0 saturated carbocycles. The zero-order valence-electron chi connectivity index (χ0n) is 14.8. The van der Waals surface area contributed by atoms with Crippen molar-refractivity contribution in [3.63, 3.8) is 0 Å². The van der Waals surface area contributed by atoms with Crippen molar-refractivity contribution in [3.8, 4) is 0 Å². The summed E-state index contributed by atoms with van der Waals surface area (Å²) in [5, 5.41) is 5.34. The molecule has 1 amide bonds. The van der Waals surface area contributed by atoms with Crippen LogP contribution in [0.4, 0.5) is 0 Å². The van der Waals surface area contributed by atoms with Crippen molar-refractivity contribution in [1.29, 1.82) is 0 Å². The molecule has 3 heterocycles. The van der Waals surface area contributed by atoms with Gasteiger partial charge in [0, 0.05) is 25.2 Å². The number of rotatable bonds is 6. The number of ether oxygens (including phenoxy) is 1. The predicted octanol–water partition coefficient (Wildman–Crippen LogP) is 2.55. The Kier molecular flexibility index (Phi) is 4.85. The van der Waals surface area contributed by atoms with Gasteiger partial charge in [0.15, 0.2) is 5.65 Å². The number of hydrogen-bond acceptors (Lipinski definition) is 4. The number of likely N-dealkylation sites (tertiary alicyclic amines) is 1. The molecule has 1 unspecified atom stereocenters. The standard InChI is InChI=1S/C18H26N4O2/c1-4-6-18(13-24-3)7-5-8-21(18)16(23)12-22-17-15(11-20-22)9-14(2)10-19-17/h9-11H,4-8,12-13H2,1-3H3. The first-order valence-electron chi connectivity index (χ1n) is 8.67. The summed E-state index contributed by atoms with van der Waals surface area (Å²) in [4.78, 5) is 19.4. The van der Waals surface area contributed by atoms with Crippen LogP contribution >= 0.6 is 0 Å². The Morgan fingerprint density at radius 1 is 1.42 bits per heavy atom. The van der Waals surface area contributed by atoms with E-state index in [4.69, 9.17) is 4.74 Å². The normalized spacial score (nSPS) is 20.9. The monoisotopic (exact) mass is 330 g/mol. The smallest absolute Gasteiger partial charge is 0.244 e. The van der Waals surface area contributed by atoms with Gasteiger partial charge in [0.1, 0.15) is 6.54 Å². The second-order valence-electron chi connectivity index (χ2n) is 6.78. The molecular formula is C18H26N4O2. The van der Waals surface area contributed by atoms with E-state index in [-0.39, 0.29) is 18.0 Å². The second kappa shape index (κ2) is 6.89. The summed E-state index contributed by atoms with van der Waals surface area (Å²) in [6.45, 7) is 5.79. The molecule has 0 radical (unpaired) electrons. The lowest BCUT2D eigenvalue weighted by molar-refractivity contribution is -0.138. The number of nitrogens with zero attached hydrogens (tertiary/aromatic N) is 4. The number of carbonyl (C=O) groups is 1. The van der Waals surface area contributed by atoms with Crippen molar-refractivity contribution in [2.45, 2.75) is 51.6 Å². The van der Waals surface area contributed by atoms with Crippen LogP contribution < -0.4 is 0 Å². The Balaban J connectivity index is 1.82. The van der Waals surface area contributed by atoms with Gasteiger partial charge in [-0.3, -0.25) is 4.79 Å². The van der Waals surface area contributed by atoms with E-state index >= 15 is 0 Å². The summed E-state index contributed by atoms with van der Waals surface area (Å²) in [7, 11) is 1.71. The van der Waals surface area contributed by atoms with Crippen molar-refractivity contribution in [1.82, 2.24) is 19.7 Å². The molecule has 1 aliphatic heterocycles. The van der Waals surface area contributed by atoms with Crippen LogP contribution in [0.2, 0.25) is 0 Å². The minimum Gasteiger partial charge on any atom is -0.382 e. The summed E-state index contributed by atoms with van der Waals surface area (Å²) >= 11 is 0. The highest BCUT2D eigenvalue weighted by Crippen LogP contribution is 2.34. The summed E-state index contributed by atoms with van der Waals surface area (Å²) in [6, 6.07) is 2.04. The fraction of sp³-hybridized carbons (Fsp3) is 0.611. The fourth-order valence-electron chi connectivity index (χ4n) is 3.95. The first-order valence-corrected chi connectivity index (χ1v) is 8.67. The third-order valence-corrected chi connectivity index (χ3v) is 4.92. The lowest BCUT2D eigenvalue weighted by Crippen LogP contribution is -2.51. The summed E-state index contributed by atoms with van der Waals surface area (Å²) in [6.07, 6.45) is 7.65. The average Bonchev–Trinajstić information content (AvgIpc) is 3.12. The topological polar surface area (TPSA) is 60.2 Å². The van der Waals surface area contributed by atoms with Crippen LogP contribution in [0.15, 0.2) is 18.5 Å². The molecule has 1 fully saturated rings. The van der Waals surface area contributed by atoms with Gasteiger partial charge in [0.25, 0.3) is 0 Å². The number of aromatic nitrogens is 3. The Bertz CT molecular complexity index is 719. The quantitative estimate of drug-likeness (QED) is 0.817. The number of fused-ring (bicyclic) bond motifs is 1. The molecule has 24 heavy (non-hydrogen) atoms. The molecule has 1 saturated heterocycles. The molecule has 1 aliphatic rings. The first-order chi connectivity index (χ1) is 11.6. The SMILES string of the molecule is CCCC1(COC)CCCN1C(=O)Cn1ncc2cc(C)cnc21. The van der Waals surface area contributed by atoms with E-state index in [0.29, 0.717) is 6.61 Å². The van der Waals surface area contributed by atoms with Crippen molar-refractivity contribution in [2.75, 3.05) is 20.3 Å². The molecule has 2 aromatic heterocycles. The van der Waals surface area contributed by atoms with Gasteiger partial charge in [-0.1, -0.05) is 13.3 Å². The Labute approximate surface area is 142 Å². The Morgan fingerprint density at radius 3 is 3.00 bits per heavy atom. The van der Waals surface area contributed by atoms with Crippen LogP contribution in [-0.2, 0) is 16.1 Å². The minimum absolute atomic E-state index is 0.102. The Morgan fingerprint density at radius 2 is 2.25 bits per heavy atom. The van der Waals surface area contributed by atoms with Crippen molar-refractivity contribution < 1.29 is 9.53 Å². The molecular weight excluding hydrogens is 304 g/mol. The molecule has 0 aliphatic carbocycles. The van der Waals surface area contributed by atoms with E-state index in [1.54, 1.807) is 18.0 Å². The third kappa shape index (κ3) is 3.02. The Hall–Kier alpha value is -1.95. The molecule has 3 rings (SSSR count). The minimum atomic E-state index is -0.159. The molecule has 0 bridgehead atoms. The maximum absolute atomic E-state index is 13.0. The van der Waals surface area contributed by atoms with Crippen LogP contribution in [-0.4, -0.2) is 51.4 Å². The van der Waals surface area contributed by atoms with Crippen LogP contribution in [0.25, 0.3) is 11.0 Å². The summed E-state index contributed by atoms with van der Waals surface area (Å²) < 4.78 is 7.16. The molecule has 2 aromatic rings. The van der Waals surface area contributed by atoms with Gasteiger partial charge in [-0.2, -0.15) is 5.10 Å². The lowest BCUT2D eigenvalue weighted by Gasteiger charge is -2.38. The number of hydrogen-bond donors (Lipinski definition) is 0. The van der Waals surface area contributed by atoms with Crippen molar-refractivity contribution >= 4 is 16.9 Å². The van der Waals surface area contributed by atoms with Crippen LogP contribution in [0.1, 0.15) is 38.2 Å². The van der Waals surface area contributed by atoms with Gasteiger partial charge >= 0.3 is 0 Å². The van der Waals surface area contributed by atoms with E-state index in [2.05, 4.69) is 17.0 Å². The molecule has 0 spiro atoms. The summed E-state index contributed by atoms with van der Waals surface area (Å²) in [5.41, 5.74) is 1.70. The molecule has 130 valence electrons. The average molecular weight is 330 g/mol. The number of pyridine rings is 1. The van der Waals surface area contributed by atoms with Crippen LogP contribution in [0, 0.1) is 6.92 Å². The highest BCUT2D eigenvalue weighted by molar-refractivity contribution is 5.80. The van der Waals surface area contributed by atoms with E-state index in [9.17, 15) is 4.79 Å². The number of amides is 1.